The number of aliphatic hydroxyl groups is 1. The van der Waals surface area contributed by atoms with E-state index in [1.807, 2.05) is 32.2 Å². The predicted molar refractivity (Wildman–Crippen MR) is 95.9 cm³/mol. The van der Waals surface area contributed by atoms with E-state index in [1.54, 1.807) is 4.90 Å². The predicted octanol–water partition coefficient (Wildman–Crippen LogP) is 3.01. The van der Waals surface area contributed by atoms with Crippen LogP contribution in [0.3, 0.4) is 0 Å². The van der Waals surface area contributed by atoms with Crippen LogP contribution in [0.15, 0.2) is 24.3 Å². The van der Waals surface area contributed by atoms with Crippen molar-refractivity contribution in [3.05, 3.63) is 41.1 Å². The monoisotopic (exact) mass is 326 g/mol. The van der Waals surface area contributed by atoms with Crippen molar-refractivity contribution >= 4 is 16.8 Å². The second kappa shape index (κ2) is 6.89. The lowest BCUT2D eigenvalue weighted by Crippen LogP contribution is -2.35. The van der Waals surface area contributed by atoms with E-state index in [9.17, 15) is 9.90 Å². The topological polar surface area (TPSA) is 53.4 Å². The van der Waals surface area contributed by atoms with Gasteiger partial charge in [0.05, 0.1) is 18.0 Å². The molecular weight excluding hydrogens is 300 g/mol. The molecule has 2 unspecified atom stereocenters. The molecule has 0 aliphatic heterocycles. The number of nitrogens with zero attached hydrogens (tertiary/aromatic N) is 2. The minimum absolute atomic E-state index is 0.0948. The number of hydrogen-bond acceptors (Lipinski definition) is 3. The van der Waals surface area contributed by atoms with Gasteiger partial charge in [0.25, 0.3) is 0 Å². The van der Waals surface area contributed by atoms with Crippen molar-refractivity contribution in [1.29, 1.82) is 0 Å². The van der Waals surface area contributed by atoms with Crippen molar-refractivity contribution in [2.75, 3.05) is 13.6 Å². The molecule has 4 heteroatoms. The Morgan fingerprint density at radius 2 is 2.04 bits per heavy atom. The first kappa shape index (κ1) is 16.9. The smallest absolute Gasteiger partial charge is 0.226 e. The molecule has 3 rings (SSSR count). The molecule has 0 bridgehead atoms. The van der Waals surface area contributed by atoms with Gasteiger partial charge in [-0.3, -0.25) is 9.78 Å². The molecule has 24 heavy (non-hydrogen) atoms. The first-order valence-electron chi connectivity index (χ1n) is 8.74. The molecule has 128 valence electrons. The van der Waals surface area contributed by atoms with Crippen molar-refractivity contribution in [3.8, 4) is 0 Å². The van der Waals surface area contributed by atoms with Crippen LogP contribution in [0, 0.1) is 19.8 Å². The van der Waals surface area contributed by atoms with Gasteiger partial charge in [0.15, 0.2) is 0 Å². The highest BCUT2D eigenvalue weighted by atomic mass is 16.3. The van der Waals surface area contributed by atoms with Crippen LogP contribution in [0.5, 0.6) is 0 Å². The standard InChI is InChI=1S/C20H26N2O2/c1-13-16-8-4-5-9-18(16)21-14(2)17(13)11-20(24)22(3)12-15-7-6-10-19(15)23/h4-5,8-9,15,19,23H,6-7,10-12H2,1-3H3. The Labute approximate surface area is 143 Å². The SMILES string of the molecule is Cc1nc2ccccc2c(C)c1CC(=O)N(C)CC1CCCC1O. The molecule has 1 aromatic carbocycles. The number of hydrogen-bond donors (Lipinski definition) is 1. The molecule has 1 aromatic heterocycles. The van der Waals surface area contributed by atoms with E-state index in [2.05, 4.69) is 18.0 Å². The Bertz CT molecular complexity index is 757. The van der Waals surface area contributed by atoms with E-state index in [1.165, 1.54) is 0 Å². The Morgan fingerprint density at radius 1 is 1.29 bits per heavy atom. The summed E-state index contributed by atoms with van der Waals surface area (Å²) in [4.78, 5) is 19.1. The van der Waals surface area contributed by atoms with Crippen molar-refractivity contribution in [2.24, 2.45) is 5.92 Å². The van der Waals surface area contributed by atoms with E-state index < -0.39 is 0 Å². The maximum absolute atomic E-state index is 12.7. The Balaban J connectivity index is 1.77. The molecule has 1 aliphatic carbocycles. The van der Waals surface area contributed by atoms with Crippen LogP contribution in [0.25, 0.3) is 10.9 Å². The Kier molecular flexibility index (Phi) is 4.86. The van der Waals surface area contributed by atoms with Gasteiger partial charge in [0, 0.05) is 30.6 Å². The highest BCUT2D eigenvalue weighted by molar-refractivity contribution is 5.86. The van der Waals surface area contributed by atoms with E-state index in [0.29, 0.717) is 13.0 Å². The van der Waals surface area contributed by atoms with Crippen LogP contribution in [0.2, 0.25) is 0 Å². The molecule has 2 aromatic rings. The number of rotatable bonds is 4. The number of aromatic nitrogens is 1. The minimum atomic E-state index is -0.258. The normalized spacial score (nSPS) is 20.5. The van der Waals surface area contributed by atoms with Gasteiger partial charge >= 0.3 is 0 Å². The van der Waals surface area contributed by atoms with Crippen LogP contribution in [-0.4, -0.2) is 40.6 Å². The lowest BCUT2D eigenvalue weighted by atomic mass is 9.98. The molecule has 1 amide bonds. The van der Waals surface area contributed by atoms with Crippen LogP contribution < -0.4 is 0 Å². The highest BCUT2D eigenvalue weighted by Gasteiger charge is 2.27. The number of aryl methyl sites for hydroxylation is 2. The quantitative estimate of drug-likeness (QED) is 0.939. The summed E-state index contributed by atoms with van der Waals surface area (Å²) in [5.74, 6) is 0.313. The summed E-state index contributed by atoms with van der Waals surface area (Å²) in [6, 6.07) is 8.06. The zero-order valence-electron chi connectivity index (χ0n) is 14.7. The van der Waals surface area contributed by atoms with E-state index in [-0.39, 0.29) is 17.9 Å². The number of benzene rings is 1. The average Bonchev–Trinajstić information content (AvgIpc) is 2.96. The second-order valence-electron chi connectivity index (χ2n) is 7.03. The lowest BCUT2D eigenvalue weighted by molar-refractivity contribution is -0.130. The summed E-state index contributed by atoms with van der Waals surface area (Å²) in [6.45, 7) is 4.68. The number of para-hydroxylation sites is 1. The third-order valence-corrected chi connectivity index (χ3v) is 5.37. The third kappa shape index (κ3) is 3.29. The summed E-state index contributed by atoms with van der Waals surface area (Å²) in [5.41, 5.74) is 4.07. The number of pyridine rings is 1. The molecule has 1 aliphatic rings. The number of amides is 1. The lowest BCUT2D eigenvalue weighted by Gasteiger charge is -2.24. The summed E-state index contributed by atoms with van der Waals surface area (Å²) in [7, 11) is 1.84. The first-order valence-corrected chi connectivity index (χ1v) is 8.74. The van der Waals surface area contributed by atoms with Crippen LogP contribution in [0.4, 0.5) is 0 Å². The number of fused-ring (bicyclic) bond motifs is 1. The maximum atomic E-state index is 12.7. The molecule has 0 saturated heterocycles. The molecule has 1 fully saturated rings. The third-order valence-electron chi connectivity index (χ3n) is 5.37. The average molecular weight is 326 g/mol. The van der Waals surface area contributed by atoms with Gasteiger partial charge in [-0.25, -0.2) is 0 Å². The second-order valence-corrected chi connectivity index (χ2v) is 7.03. The van der Waals surface area contributed by atoms with E-state index >= 15 is 0 Å². The fraction of sp³-hybridized carbons (Fsp3) is 0.500. The van der Waals surface area contributed by atoms with Crippen LogP contribution >= 0.6 is 0 Å². The van der Waals surface area contributed by atoms with Gasteiger partial charge in [-0.2, -0.15) is 0 Å². The fourth-order valence-corrected chi connectivity index (χ4v) is 3.80. The zero-order chi connectivity index (χ0) is 17.3. The summed E-state index contributed by atoms with van der Waals surface area (Å²) in [6.07, 6.45) is 3.04. The number of likely N-dealkylation sites (N-methyl/N-ethyl adjacent to an activating group) is 1. The van der Waals surface area contributed by atoms with Gasteiger partial charge in [-0.05, 0) is 43.9 Å². The molecule has 0 radical (unpaired) electrons. The van der Waals surface area contributed by atoms with Crippen molar-refractivity contribution < 1.29 is 9.90 Å². The zero-order valence-corrected chi connectivity index (χ0v) is 14.7. The van der Waals surface area contributed by atoms with E-state index in [4.69, 9.17) is 0 Å². The molecule has 2 atom stereocenters. The Hall–Kier alpha value is -1.94. The summed E-state index contributed by atoms with van der Waals surface area (Å²) < 4.78 is 0. The summed E-state index contributed by atoms with van der Waals surface area (Å²) >= 11 is 0. The largest absolute Gasteiger partial charge is 0.393 e. The molecule has 4 nitrogen and oxygen atoms in total. The molecule has 0 spiro atoms. The van der Waals surface area contributed by atoms with Crippen LogP contribution in [0.1, 0.15) is 36.1 Å². The number of carbonyl (C=O) groups is 1. The van der Waals surface area contributed by atoms with Crippen molar-refractivity contribution in [1.82, 2.24) is 9.88 Å². The summed E-state index contributed by atoms with van der Waals surface area (Å²) in [5, 5.41) is 11.1. The Morgan fingerprint density at radius 3 is 2.75 bits per heavy atom. The number of carbonyl (C=O) groups excluding carboxylic acids is 1. The minimum Gasteiger partial charge on any atom is -0.393 e. The van der Waals surface area contributed by atoms with Gasteiger partial charge in [0.2, 0.25) is 5.91 Å². The van der Waals surface area contributed by atoms with E-state index in [0.717, 1.165) is 47.0 Å². The molecule has 1 saturated carbocycles. The molecule has 1 N–H and O–H groups in total. The highest BCUT2D eigenvalue weighted by Crippen LogP contribution is 2.27. The molecular formula is C20H26N2O2. The fourth-order valence-electron chi connectivity index (χ4n) is 3.80. The van der Waals surface area contributed by atoms with Crippen LogP contribution in [-0.2, 0) is 11.2 Å². The first-order chi connectivity index (χ1) is 11.5. The van der Waals surface area contributed by atoms with Gasteiger partial charge in [-0.15, -0.1) is 0 Å². The van der Waals surface area contributed by atoms with Gasteiger partial charge in [0.1, 0.15) is 0 Å². The molecule has 1 heterocycles. The number of aliphatic hydroxyl groups excluding tert-OH is 1. The van der Waals surface area contributed by atoms with Crippen molar-refractivity contribution in [2.45, 2.75) is 45.6 Å². The van der Waals surface area contributed by atoms with Gasteiger partial charge in [-0.1, -0.05) is 24.6 Å². The van der Waals surface area contributed by atoms with Crippen molar-refractivity contribution in [3.63, 3.8) is 0 Å². The van der Waals surface area contributed by atoms with Gasteiger partial charge < -0.3 is 10.0 Å². The maximum Gasteiger partial charge on any atom is 0.226 e.